The van der Waals surface area contributed by atoms with Gasteiger partial charge in [-0.05, 0) is 66.1 Å². The topological polar surface area (TPSA) is 91.8 Å². The van der Waals surface area contributed by atoms with E-state index in [1.807, 2.05) is 0 Å². The highest BCUT2D eigenvalue weighted by Crippen LogP contribution is 2.53. The molecule has 1 aliphatic heterocycles. The fourth-order valence-electron chi connectivity index (χ4n) is 6.35. The van der Waals surface area contributed by atoms with E-state index in [0.717, 1.165) is 5.56 Å². The minimum Gasteiger partial charge on any atom is -0.362 e. The van der Waals surface area contributed by atoms with Crippen LogP contribution in [0.25, 0.3) is 22.3 Å². The zero-order valence-corrected chi connectivity index (χ0v) is 26.8. The minimum absolute atomic E-state index is 0.00534. The van der Waals surface area contributed by atoms with Crippen molar-refractivity contribution in [2.45, 2.75) is 17.5 Å². The van der Waals surface area contributed by atoms with E-state index in [4.69, 9.17) is 0 Å². The maximum Gasteiger partial charge on any atom is 0.271 e. The highest BCUT2D eigenvalue weighted by Gasteiger charge is 2.58. The van der Waals surface area contributed by atoms with Crippen LogP contribution in [0.2, 0.25) is 0 Å². The number of sulfonamides is 1. The SMILES string of the molecule is Cc1ccc(S(=O)(=O)N2C(=O)c3cc(C(=O)c4ccccc4)c(-c4ccc(F)cc4)c(-c4ccc(F)cc4)c3C2(O)c2ccccc2)cc1. The molecule has 0 saturated carbocycles. The molecule has 0 bridgehead atoms. The Morgan fingerprint density at radius 1 is 0.694 bits per heavy atom. The first kappa shape index (κ1) is 31.8. The first-order valence-corrected chi connectivity index (χ1v) is 16.7. The molecule has 9 heteroatoms. The van der Waals surface area contributed by atoms with Crippen molar-refractivity contribution in [1.29, 1.82) is 0 Å². The number of hydrogen-bond acceptors (Lipinski definition) is 5. The molecular formula is C40H27F2NO5S. The molecule has 1 amide bonds. The zero-order valence-electron chi connectivity index (χ0n) is 26.0. The molecule has 0 aromatic heterocycles. The van der Waals surface area contributed by atoms with E-state index in [1.54, 1.807) is 67.6 Å². The van der Waals surface area contributed by atoms with E-state index in [9.17, 15) is 31.9 Å². The summed E-state index contributed by atoms with van der Waals surface area (Å²) in [5.74, 6) is -2.70. The number of ketones is 1. The lowest BCUT2D eigenvalue weighted by molar-refractivity contribution is -0.00676. The van der Waals surface area contributed by atoms with Gasteiger partial charge in [-0.15, -0.1) is 0 Å². The molecule has 0 fully saturated rings. The van der Waals surface area contributed by atoms with E-state index in [0.29, 0.717) is 9.87 Å². The largest absolute Gasteiger partial charge is 0.362 e. The number of amides is 1. The Kier molecular flexibility index (Phi) is 7.81. The number of aryl methyl sites for hydroxylation is 1. The van der Waals surface area contributed by atoms with Crippen molar-refractivity contribution < 1.29 is 31.9 Å². The lowest BCUT2D eigenvalue weighted by Crippen LogP contribution is -2.48. The van der Waals surface area contributed by atoms with Crippen LogP contribution in [0.15, 0.2) is 144 Å². The first-order valence-electron chi connectivity index (χ1n) is 15.3. The predicted molar refractivity (Wildman–Crippen MR) is 181 cm³/mol. The van der Waals surface area contributed by atoms with Crippen LogP contribution >= 0.6 is 0 Å². The third-order valence-electron chi connectivity index (χ3n) is 8.67. The Bertz CT molecular complexity index is 2350. The third-order valence-corrected chi connectivity index (χ3v) is 10.4. The molecule has 1 unspecified atom stereocenters. The molecule has 0 saturated heterocycles. The van der Waals surface area contributed by atoms with Crippen LogP contribution in [0, 0.1) is 18.6 Å². The Morgan fingerprint density at radius 3 is 1.76 bits per heavy atom. The van der Waals surface area contributed by atoms with Crippen LogP contribution in [-0.2, 0) is 15.7 Å². The number of benzene rings is 6. The summed E-state index contributed by atoms with van der Waals surface area (Å²) in [7, 11) is -4.76. The van der Waals surface area contributed by atoms with Crippen molar-refractivity contribution in [2.75, 3.05) is 0 Å². The summed E-state index contributed by atoms with van der Waals surface area (Å²) in [5, 5.41) is 13.1. The normalized spacial score (nSPS) is 15.7. The second-order valence-corrected chi connectivity index (χ2v) is 13.5. The van der Waals surface area contributed by atoms with Gasteiger partial charge >= 0.3 is 0 Å². The number of nitrogens with zero attached hydrogens (tertiary/aromatic N) is 1. The Hall–Kier alpha value is -5.77. The van der Waals surface area contributed by atoms with Gasteiger partial charge in [-0.2, -0.15) is 4.31 Å². The van der Waals surface area contributed by atoms with Gasteiger partial charge in [-0.3, -0.25) is 9.59 Å². The number of carbonyl (C=O) groups is 2. The molecule has 7 rings (SSSR count). The van der Waals surface area contributed by atoms with E-state index in [2.05, 4.69) is 0 Å². The Labute approximate surface area is 281 Å². The van der Waals surface area contributed by atoms with Crippen LogP contribution in [0.4, 0.5) is 8.78 Å². The van der Waals surface area contributed by atoms with Crippen LogP contribution in [0.5, 0.6) is 0 Å². The molecule has 1 atom stereocenters. The van der Waals surface area contributed by atoms with Gasteiger partial charge in [0.05, 0.1) is 10.5 Å². The first-order chi connectivity index (χ1) is 23.5. The van der Waals surface area contributed by atoms with Crippen molar-refractivity contribution >= 4 is 21.7 Å². The molecule has 0 aliphatic carbocycles. The van der Waals surface area contributed by atoms with Crippen LogP contribution in [0.1, 0.15) is 43.0 Å². The number of fused-ring (bicyclic) bond motifs is 1. The van der Waals surface area contributed by atoms with Gasteiger partial charge in [0.25, 0.3) is 15.9 Å². The van der Waals surface area contributed by atoms with Crippen LogP contribution in [0.3, 0.4) is 0 Å². The Morgan fingerprint density at radius 2 is 1.20 bits per heavy atom. The molecule has 242 valence electrons. The van der Waals surface area contributed by atoms with E-state index >= 15 is 0 Å². The van der Waals surface area contributed by atoms with E-state index < -0.39 is 39.1 Å². The molecular weight excluding hydrogens is 645 g/mol. The van der Waals surface area contributed by atoms with Gasteiger partial charge in [-0.1, -0.05) is 103 Å². The van der Waals surface area contributed by atoms with Crippen LogP contribution in [-0.4, -0.2) is 29.5 Å². The molecule has 0 radical (unpaired) electrons. The summed E-state index contributed by atoms with van der Waals surface area (Å²) < 4.78 is 58.2. The molecule has 1 heterocycles. The van der Waals surface area contributed by atoms with Crippen molar-refractivity contribution in [3.8, 4) is 22.3 Å². The van der Waals surface area contributed by atoms with Gasteiger partial charge in [0.2, 0.25) is 5.72 Å². The molecule has 6 aromatic carbocycles. The maximum absolute atomic E-state index is 14.7. The number of aliphatic hydroxyl groups is 1. The summed E-state index contributed by atoms with van der Waals surface area (Å²) in [6.07, 6.45) is 0. The highest BCUT2D eigenvalue weighted by molar-refractivity contribution is 7.89. The monoisotopic (exact) mass is 671 g/mol. The molecule has 49 heavy (non-hydrogen) atoms. The van der Waals surface area contributed by atoms with Gasteiger partial charge in [0.1, 0.15) is 11.6 Å². The second-order valence-electron chi connectivity index (χ2n) is 11.7. The summed E-state index contributed by atoms with van der Waals surface area (Å²) in [4.78, 5) is 28.8. The summed E-state index contributed by atoms with van der Waals surface area (Å²) in [6, 6.07) is 33.8. The summed E-state index contributed by atoms with van der Waals surface area (Å²) in [5.41, 5.74) is -1.03. The van der Waals surface area contributed by atoms with Crippen molar-refractivity contribution in [1.82, 2.24) is 4.31 Å². The lowest BCUT2D eigenvalue weighted by atomic mass is 9.79. The predicted octanol–water partition coefficient (Wildman–Crippen LogP) is 7.88. The van der Waals surface area contributed by atoms with E-state index in [1.165, 1.54) is 78.9 Å². The average Bonchev–Trinajstić information content (AvgIpc) is 3.35. The number of hydrogen-bond donors (Lipinski definition) is 1. The third kappa shape index (κ3) is 5.24. The van der Waals surface area contributed by atoms with Gasteiger partial charge < -0.3 is 5.11 Å². The van der Waals surface area contributed by atoms with Crippen molar-refractivity contribution in [2.24, 2.45) is 0 Å². The fraction of sp³-hybridized carbons (Fsp3) is 0.0500. The summed E-state index contributed by atoms with van der Waals surface area (Å²) in [6.45, 7) is 1.78. The second kappa shape index (κ2) is 12.0. The minimum atomic E-state index is -4.76. The van der Waals surface area contributed by atoms with Gasteiger partial charge in [-0.25, -0.2) is 17.2 Å². The highest BCUT2D eigenvalue weighted by atomic mass is 32.2. The number of rotatable bonds is 7. The number of carbonyl (C=O) groups excluding carboxylic acids is 2. The van der Waals surface area contributed by atoms with Gasteiger partial charge in [0, 0.05) is 27.8 Å². The summed E-state index contributed by atoms with van der Waals surface area (Å²) >= 11 is 0. The molecule has 0 spiro atoms. The Balaban J connectivity index is 1.66. The standard InChI is InChI=1S/C40H27F2NO5S/c1-25-12-22-32(23-13-25)49(47,48)43-39(45)34-24-33(38(44)28-8-4-2-5-9-28)35(26-14-18-30(41)19-15-26)36(27-16-20-31(42)21-17-27)37(34)40(43,46)29-10-6-3-7-11-29/h2-24,46H,1H3. The van der Waals surface area contributed by atoms with Crippen LogP contribution < -0.4 is 0 Å². The van der Waals surface area contributed by atoms with Crippen molar-refractivity contribution in [3.05, 3.63) is 185 Å². The van der Waals surface area contributed by atoms with Crippen molar-refractivity contribution in [3.63, 3.8) is 0 Å². The smallest absolute Gasteiger partial charge is 0.271 e. The lowest BCUT2D eigenvalue weighted by Gasteiger charge is -2.35. The zero-order chi connectivity index (χ0) is 34.5. The molecule has 1 aliphatic rings. The quantitative estimate of drug-likeness (QED) is 0.175. The van der Waals surface area contributed by atoms with E-state index in [-0.39, 0.29) is 49.4 Å². The fourth-order valence-corrected chi connectivity index (χ4v) is 7.90. The molecule has 6 nitrogen and oxygen atoms in total. The number of halogens is 2. The molecule has 1 N–H and O–H groups in total. The van der Waals surface area contributed by atoms with Gasteiger partial charge in [0.15, 0.2) is 5.78 Å². The maximum atomic E-state index is 14.7. The average molecular weight is 672 g/mol. The molecule has 6 aromatic rings.